The predicted octanol–water partition coefficient (Wildman–Crippen LogP) is 2.38. The van der Waals surface area contributed by atoms with Gasteiger partial charge in [-0.25, -0.2) is 0 Å². The maximum absolute atomic E-state index is 12.6. The molecule has 0 bridgehead atoms. The largest absolute Gasteiger partial charge is 0.495 e. The molecule has 0 N–H and O–H groups in total. The van der Waals surface area contributed by atoms with Crippen molar-refractivity contribution >= 4 is 17.5 Å². The molecule has 148 valence electrons. The van der Waals surface area contributed by atoms with E-state index in [1.54, 1.807) is 7.11 Å². The average Bonchev–Trinajstić information content (AvgIpc) is 3.23. The monoisotopic (exact) mass is 373 g/mol. The summed E-state index contributed by atoms with van der Waals surface area (Å²) in [5.41, 5.74) is 1.08. The molecule has 1 atom stereocenters. The minimum absolute atomic E-state index is 0.0952. The van der Waals surface area contributed by atoms with E-state index in [1.165, 1.54) is 0 Å². The molecule has 2 aliphatic rings. The molecule has 1 aromatic carbocycles. The summed E-state index contributed by atoms with van der Waals surface area (Å²) in [5.74, 6) is 1.33. The number of para-hydroxylation sites is 2. The fourth-order valence-corrected chi connectivity index (χ4v) is 3.98. The Hall–Kier alpha value is -2.24. The number of carbonyl (C=O) groups is 2. The fraction of sp³-hybridized carbons (Fsp3) is 0.619. The van der Waals surface area contributed by atoms with Gasteiger partial charge in [0.2, 0.25) is 11.8 Å². The van der Waals surface area contributed by atoms with Crippen LogP contribution in [0.3, 0.4) is 0 Å². The molecule has 2 fully saturated rings. The SMILES string of the molecule is COc1ccccc1N1CCN(C(=O)C[C@@H](C)CC(=O)N2CCCC2)CC1. The lowest BCUT2D eigenvalue weighted by Gasteiger charge is -2.37. The number of piperazine rings is 1. The van der Waals surface area contributed by atoms with Crippen molar-refractivity contribution < 1.29 is 14.3 Å². The Balaban J connectivity index is 1.46. The zero-order valence-corrected chi connectivity index (χ0v) is 16.5. The van der Waals surface area contributed by atoms with E-state index in [-0.39, 0.29) is 17.7 Å². The van der Waals surface area contributed by atoms with Crippen molar-refractivity contribution in [3.8, 4) is 5.75 Å². The number of anilines is 1. The number of methoxy groups -OCH3 is 1. The van der Waals surface area contributed by atoms with Gasteiger partial charge in [-0.2, -0.15) is 0 Å². The Morgan fingerprint density at radius 3 is 2.07 bits per heavy atom. The summed E-state index contributed by atoms with van der Waals surface area (Å²) in [5, 5.41) is 0. The zero-order chi connectivity index (χ0) is 19.2. The summed E-state index contributed by atoms with van der Waals surface area (Å²) in [6, 6.07) is 8.00. The van der Waals surface area contributed by atoms with Gasteiger partial charge in [-0.15, -0.1) is 0 Å². The molecule has 2 saturated heterocycles. The van der Waals surface area contributed by atoms with Crippen molar-refractivity contribution in [3.63, 3.8) is 0 Å². The highest BCUT2D eigenvalue weighted by Crippen LogP contribution is 2.28. The Morgan fingerprint density at radius 2 is 1.48 bits per heavy atom. The van der Waals surface area contributed by atoms with Gasteiger partial charge in [0.1, 0.15) is 5.75 Å². The highest BCUT2D eigenvalue weighted by atomic mass is 16.5. The first-order valence-electron chi connectivity index (χ1n) is 10.0. The lowest BCUT2D eigenvalue weighted by molar-refractivity contribution is -0.134. The molecule has 6 nitrogen and oxygen atoms in total. The van der Waals surface area contributed by atoms with E-state index in [4.69, 9.17) is 4.74 Å². The molecular weight excluding hydrogens is 342 g/mol. The lowest BCUT2D eigenvalue weighted by Crippen LogP contribution is -2.49. The van der Waals surface area contributed by atoms with Crippen molar-refractivity contribution in [2.75, 3.05) is 51.3 Å². The number of hydrogen-bond donors (Lipinski definition) is 0. The molecule has 0 aromatic heterocycles. The van der Waals surface area contributed by atoms with Crippen LogP contribution < -0.4 is 9.64 Å². The summed E-state index contributed by atoms with van der Waals surface area (Å²) >= 11 is 0. The Bertz CT molecular complexity index is 650. The van der Waals surface area contributed by atoms with E-state index < -0.39 is 0 Å². The van der Waals surface area contributed by atoms with Crippen LogP contribution in [0.1, 0.15) is 32.6 Å². The number of likely N-dealkylation sites (tertiary alicyclic amines) is 1. The van der Waals surface area contributed by atoms with Gasteiger partial charge in [-0.1, -0.05) is 19.1 Å². The van der Waals surface area contributed by atoms with Crippen LogP contribution in [0.2, 0.25) is 0 Å². The van der Waals surface area contributed by atoms with Crippen molar-refractivity contribution in [2.45, 2.75) is 32.6 Å². The Morgan fingerprint density at radius 1 is 0.926 bits per heavy atom. The number of amides is 2. The van der Waals surface area contributed by atoms with E-state index >= 15 is 0 Å². The van der Waals surface area contributed by atoms with E-state index in [1.807, 2.05) is 34.9 Å². The topological polar surface area (TPSA) is 53.1 Å². The van der Waals surface area contributed by atoms with Gasteiger partial charge in [-0.05, 0) is 30.9 Å². The maximum Gasteiger partial charge on any atom is 0.222 e. The molecular formula is C21H31N3O3. The second-order valence-electron chi connectivity index (χ2n) is 7.64. The molecule has 1 aromatic rings. The third-order valence-corrected chi connectivity index (χ3v) is 5.56. The standard InChI is InChI=1S/C21H31N3O3/c1-17(15-20(25)23-9-5-6-10-23)16-21(26)24-13-11-22(12-14-24)18-7-3-4-8-19(18)27-2/h3-4,7-8,17H,5-6,9-16H2,1-2H3/t17-/m0/s1. The fourth-order valence-electron chi connectivity index (χ4n) is 3.98. The first kappa shape index (κ1) is 19.5. The molecule has 0 radical (unpaired) electrons. The number of nitrogens with zero attached hydrogens (tertiary/aromatic N) is 3. The summed E-state index contributed by atoms with van der Waals surface area (Å²) in [6.45, 7) is 6.79. The summed E-state index contributed by atoms with van der Waals surface area (Å²) in [6.07, 6.45) is 3.15. The molecule has 0 spiro atoms. The number of benzene rings is 1. The number of ether oxygens (including phenoxy) is 1. The van der Waals surface area contributed by atoms with Crippen molar-refractivity contribution in [3.05, 3.63) is 24.3 Å². The van der Waals surface area contributed by atoms with E-state index in [9.17, 15) is 9.59 Å². The predicted molar refractivity (Wildman–Crippen MR) is 106 cm³/mol. The van der Waals surface area contributed by atoms with Gasteiger partial charge in [0, 0.05) is 52.1 Å². The minimum Gasteiger partial charge on any atom is -0.495 e. The normalized spacial score (nSPS) is 18.5. The molecule has 0 unspecified atom stereocenters. The van der Waals surface area contributed by atoms with Gasteiger partial charge < -0.3 is 19.4 Å². The highest BCUT2D eigenvalue weighted by molar-refractivity contribution is 5.80. The third-order valence-electron chi connectivity index (χ3n) is 5.56. The van der Waals surface area contributed by atoms with E-state index in [2.05, 4.69) is 11.0 Å². The first-order valence-corrected chi connectivity index (χ1v) is 10.0. The highest BCUT2D eigenvalue weighted by Gasteiger charge is 2.26. The van der Waals surface area contributed by atoms with Crippen LogP contribution in [-0.4, -0.2) is 68.0 Å². The smallest absolute Gasteiger partial charge is 0.222 e. The molecule has 6 heteroatoms. The third kappa shape index (κ3) is 4.93. The minimum atomic E-state index is 0.0952. The molecule has 2 amide bonds. The van der Waals surface area contributed by atoms with E-state index in [0.717, 1.165) is 50.5 Å². The van der Waals surface area contributed by atoms with Crippen molar-refractivity contribution in [2.24, 2.45) is 5.92 Å². The van der Waals surface area contributed by atoms with Crippen LogP contribution in [0.15, 0.2) is 24.3 Å². The number of carbonyl (C=O) groups excluding carboxylic acids is 2. The van der Waals surface area contributed by atoms with Gasteiger partial charge in [0.05, 0.1) is 12.8 Å². The van der Waals surface area contributed by atoms with Crippen LogP contribution in [-0.2, 0) is 9.59 Å². The molecule has 27 heavy (non-hydrogen) atoms. The zero-order valence-electron chi connectivity index (χ0n) is 16.5. The first-order chi connectivity index (χ1) is 13.1. The Kier molecular flexibility index (Phi) is 6.58. The quantitative estimate of drug-likeness (QED) is 0.768. The van der Waals surface area contributed by atoms with Crippen LogP contribution >= 0.6 is 0 Å². The Labute approximate surface area is 162 Å². The van der Waals surface area contributed by atoms with Crippen LogP contribution in [0.4, 0.5) is 5.69 Å². The molecule has 2 aliphatic heterocycles. The second-order valence-corrected chi connectivity index (χ2v) is 7.64. The van der Waals surface area contributed by atoms with Gasteiger partial charge in [0.15, 0.2) is 0 Å². The molecule has 2 heterocycles. The molecule has 3 rings (SSSR count). The van der Waals surface area contributed by atoms with Crippen molar-refractivity contribution in [1.29, 1.82) is 0 Å². The number of hydrogen-bond acceptors (Lipinski definition) is 4. The number of rotatable bonds is 6. The lowest BCUT2D eigenvalue weighted by atomic mass is 10.0. The average molecular weight is 373 g/mol. The van der Waals surface area contributed by atoms with Crippen molar-refractivity contribution in [1.82, 2.24) is 9.80 Å². The summed E-state index contributed by atoms with van der Waals surface area (Å²) < 4.78 is 5.45. The summed E-state index contributed by atoms with van der Waals surface area (Å²) in [4.78, 5) is 31.0. The van der Waals surface area contributed by atoms with Crippen LogP contribution in [0, 0.1) is 5.92 Å². The molecule has 0 aliphatic carbocycles. The summed E-state index contributed by atoms with van der Waals surface area (Å²) in [7, 11) is 1.68. The van der Waals surface area contributed by atoms with E-state index in [0.29, 0.717) is 25.9 Å². The van der Waals surface area contributed by atoms with Gasteiger partial charge in [-0.3, -0.25) is 9.59 Å². The van der Waals surface area contributed by atoms with Gasteiger partial charge in [0.25, 0.3) is 0 Å². The second kappa shape index (κ2) is 9.11. The van der Waals surface area contributed by atoms with Gasteiger partial charge >= 0.3 is 0 Å². The van der Waals surface area contributed by atoms with Crippen LogP contribution in [0.5, 0.6) is 5.75 Å². The molecule has 0 saturated carbocycles. The maximum atomic E-state index is 12.6. The van der Waals surface area contributed by atoms with Crippen LogP contribution in [0.25, 0.3) is 0 Å².